The van der Waals surface area contributed by atoms with Crippen molar-refractivity contribution >= 4 is 0 Å². The summed E-state index contributed by atoms with van der Waals surface area (Å²) in [6, 6.07) is 16.3. The van der Waals surface area contributed by atoms with Gasteiger partial charge in [0.05, 0.1) is 0 Å². The first-order chi connectivity index (χ1) is 13.5. The Kier molecular flexibility index (Phi) is 6.56. The maximum absolute atomic E-state index is 14.4. The van der Waals surface area contributed by atoms with Gasteiger partial charge in [0.15, 0.2) is 11.6 Å². The van der Waals surface area contributed by atoms with Crippen molar-refractivity contribution in [2.75, 3.05) is 0 Å². The van der Waals surface area contributed by atoms with E-state index in [1.165, 1.54) is 0 Å². The van der Waals surface area contributed by atoms with Crippen molar-refractivity contribution in [3.8, 4) is 11.1 Å². The first-order valence-corrected chi connectivity index (χ1v) is 9.87. The van der Waals surface area contributed by atoms with Gasteiger partial charge in [-0.3, -0.25) is 0 Å². The molecule has 0 aliphatic heterocycles. The minimum absolute atomic E-state index is 0.215. The number of benzene rings is 3. The van der Waals surface area contributed by atoms with Crippen LogP contribution in [-0.4, -0.2) is 0 Å². The number of rotatable bonds is 7. The molecule has 0 aromatic heterocycles. The fourth-order valence-electron chi connectivity index (χ4n) is 3.46. The van der Waals surface area contributed by atoms with Gasteiger partial charge < -0.3 is 0 Å². The smallest absolute Gasteiger partial charge is 0.162 e. The van der Waals surface area contributed by atoms with Crippen molar-refractivity contribution in [3.63, 3.8) is 0 Å². The lowest BCUT2D eigenvalue weighted by atomic mass is 9.98. The van der Waals surface area contributed by atoms with Gasteiger partial charge in [-0.25, -0.2) is 13.2 Å². The highest BCUT2D eigenvalue weighted by atomic mass is 19.2. The van der Waals surface area contributed by atoms with Crippen molar-refractivity contribution in [2.45, 2.75) is 46.0 Å². The van der Waals surface area contributed by atoms with Gasteiger partial charge in [0, 0.05) is 5.56 Å². The Morgan fingerprint density at radius 2 is 1.29 bits per heavy atom. The van der Waals surface area contributed by atoms with Gasteiger partial charge in [-0.1, -0.05) is 68.8 Å². The van der Waals surface area contributed by atoms with Crippen LogP contribution < -0.4 is 0 Å². The third-order valence-electron chi connectivity index (χ3n) is 5.14. The molecule has 0 atom stereocenters. The Labute approximate surface area is 165 Å². The molecule has 0 bridgehead atoms. The van der Waals surface area contributed by atoms with Gasteiger partial charge in [0.2, 0.25) is 0 Å². The van der Waals surface area contributed by atoms with Gasteiger partial charge in [0.25, 0.3) is 0 Å². The van der Waals surface area contributed by atoms with Crippen LogP contribution in [0.1, 0.15) is 42.5 Å². The fourth-order valence-corrected chi connectivity index (χ4v) is 3.46. The summed E-state index contributed by atoms with van der Waals surface area (Å²) >= 11 is 0. The van der Waals surface area contributed by atoms with Crippen LogP contribution in [0.5, 0.6) is 0 Å². The van der Waals surface area contributed by atoms with Gasteiger partial charge in [-0.15, -0.1) is 0 Å². The van der Waals surface area contributed by atoms with E-state index >= 15 is 0 Å². The Morgan fingerprint density at radius 1 is 0.643 bits per heavy atom. The maximum atomic E-state index is 14.4. The van der Waals surface area contributed by atoms with Gasteiger partial charge in [-0.2, -0.15) is 0 Å². The van der Waals surface area contributed by atoms with Crippen molar-refractivity contribution in [1.82, 2.24) is 0 Å². The highest BCUT2D eigenvalue weighted by molar-refractivity contribution is 5.64. The van der Waals surface area contributed by atoms with E-state index in [-0.39, 0.29) is 5.82 Å². The van der Waals surface area contributed by atoms with Crippen LogP contribution >= 0.6 is 0 Å². The van der Waals surface area contributed by atoms with Crippen molar-refractivity contribution < 1.29 is 13.2 Å². The highest BCUT2D eigenvalue weighted by Crippen LogP contribution is 2.25. The topological polar surface area (TPSA) is 0 Å². The molecule has 0 aliphatic carbocycles. The second-order valence-electron chi connectivity index (χ2n) is 7.13. The summed E-state index contributed by atoms with van der Waals surface area (Å²) in [4.78, 5) is 0. The van der Waals surface area contributed by atoms with Crippen LogP contribution in [-0.2, 0) is 25.7 Å². The van der Waals surface area contributed by atoms with Gasteiger partial charge in [0.1, 0.15) is 5.82 Å². The lowest BCUT2D eigenvalue weighted by molar-refractivity contribution is 0.490. The molecule has 0 saturated heterocycles. The molecular formula is C25H25F3. The van der Waals surface area contributed by atoms with Crippen molar-refractivity contribution in [2.24, 2.45) is 0 Å². The molecule has 0 nitrogen and oxygen atoms in total. The molecule has 0 radical (unpaired) electrons. The summed E-state index contributed by atoms with van der Waals surface area (Å²) < 4.78 is 42.5. The first-order valence-electron chi connectivity index (χ1n) is 9.87. The fraction of sp³-hybridized carbons (Fsp3) is 0.280. The van der Waals surface area contributed by atoms with Gasteiger partial charge in [-0.05, 0) is 59.6 Å². The third-order valence-corrected chi connectivity index (χ3v) is 5.14. The molecule has 3 rings (SSSR count). The summed E-state index contributed by atoms with van der Waals surface area (Å²) in [6.45, 7) is 3.88. The average molecular weight is 382 g/mol. The van der Waals surface area contributed by atoms with E-state index in [9.17, 15) is 13.2 Å². The SMILES string of the molecule is CCCc1ccc(-c2ccc(CCc3ccc(CC)c(F)c3F)cc2)c(F)c1. The zero-order valence-electron chi connectivity index (χ0n) is 16.4. The molecule has 3 aromatic carbocycles. The molecule has 28 heavy (non-hydrogen) atoms. The monoisotopic (exact) mass is 382 g/mol. The normalized spacial score (nSPS) is 11.0. The van der Waals surface area contributed by atoms with E-state index in [1.807, 2.05) is 36.4 Å². The summed E-state index contributed by atoms with van der Waals surface area (Å²) in [5.74, 6) is -1.70. The first kappa shape index (κ1) is 20.2. The van der Waals surface area contributed by atoms with Crippen LogP contribution in [0.25, 0.3) is 11.1 Å². The van der Waals surface area contributed by atoms with Crippen LogP contribution in [0.4, 0.5) is 13.2 Å². The molecule has 0 spiro atoms. The summed E-state index contributed by atoms with van der Waals surface area (Å²) in [5.41, 5.74) is 4.19. The van der Waals surface area contributed by atoms with Crippen LogP contribution in [0.2, 0.25) is 0 Å². The predicted molar refractivity (Wildman–Crippen MR) is 109 cm³/mol. The molecular weight excluding hydrogens is 357 g/mol. The standard InChI is InChI=1S/C25H25F3/c1-3-5-18-9-15-22(23(26)16-18)20-10-6-17(7-11-20)8-12-21-14-13-19(4-2)24(27)25(21)28/h6-7,9-11,13-16H,3-5,8,12H2,1-2H3. The minimum atomic E-state index is -0.745. The quantitative estimate of drug-likeness (QED) is 0.410. The summed E-state index contributed by atoms with van der Waals surface area (Å²) in [7, 11) is 0. The summed E-state index contributed by atoms with van der Waals surface area (Å²) in [6.07, 6.45) is 3.35. The maximum Gasteiger partial charge on any atom is 0.162 e. The summed E-state index contributed by atoms with van der Waals surface area (Å²) in [5, 5.41) is 0. The lowest BCUT2D eigenvalue weighted by Gasteiger charge is -2.09. The highest BCUT2D eigenvalue weighted by Gasteiger charge is 2.12. The van der Waals surface area contributed by atoms with Crippen molar-refractivity contribution in [3.05, 3.63) is 94.3 Å². The van der Waals surface area contributed by atoms with E-state index in [4.69, 9.17) is 0 Å². The van der Waals surface area contributed by atoms with Crippen LogP contribution in [0, 0.1) is 17.5 Å². The lowest BCUT2D eigenvalue weighted by Crippen LogP contribution is -2.01. The molecule has 3 heteroatoms. The van der Waals surface area contributed by atoms with Crippen LogP contribution in [0.15, 0.2) is 54.6 Å². The molecule has 0 N–H and O–H groups in total. The molecule has 0 fully saturated rings. The molecule has 146 valence electrons. The number of halogens is 3. The molecule has 0 saturated carbocycles. The Hall–Kier alpha value is -2.55. The average Bonchev–Trinajstić information content (AvgIpc) is 2.70. The van der Waals surface area contributed by atoms with E-state index in [0.717, 1.165) is 29.5 Å². The molecule has 3 aromatic rings. The zero-order chi connectivity index (χ0) is 20.1. The molecule has 0 amide bonds. The minimum Gasteiger partial charge on any atom is -0.206 e. The van der Waals surface area contributed by atoms with E-state index in [1.54, 1.807) is 25.1 Å². The van der Waals surface area contributed by atoms with Gasteiger partial charge >= 0.3 is 0 Å². The van der Waals surface area contributed by atoms with Crippen molar-refractivity contribution in [1.29, 1.82) is 0 Å². The second kappa shape index (κ2) is 9.09. The van der Waals surface area contributed by atoms with Crippen LogP contribution in [0.3, 0.4) is 0 Å². The Balaban J connectivity index is 1.71. The third kappa shape index (κ3) is 4.46. The molecule has 0 heterocycles. The largest absolute Gasteiger partial charge is 0.206 e. The number of hydrogen-bond acceptors (Lipinski definition) is 0. The second-order valence-corrected chi connectivity index (χ2v) is 7.13. The Bertz CT molecular complexity index is 943. The zero-order valence-corrected chi connectivity index (χ0v) is 16.4. The van der Waals surface area contributed by atoms with E-state index in [2.05, 4.69) is 6.92 Å². The van der Waals surface area contributed by atoms with E-state index in [0.29, 0.717) is 36.0 Å². The number of hydrogen-bond donors (Lipinski definition) is 0. The van der Waals surface area contributed by atoms with E-state index < -0.39 is 11.6 Å². The molecule has 0 unspecified atom stereocenters. The number of aryl methyl sites for hydroxylation is 4. The Morgan fingerprint density at radius 3 is 1.93 bits per heavy atom. The molecule has 0 aliphatic rings. The predicted octanol–water partition coefficient (Wildman–Crippen LogP) is 7.07.